The van der Waals surface area contributed by atoms with Crippen LogP contribution in [0.1, 0.15) is 10.4 Å². The lowest BCUT2D eigenvalue weighted by Crippen LogP contribution is -2.19. The summed E-state index contributed by atoms with van der Waals surface area (Å²) in [6, 6.07) is 12.1. The van der Waals surface area contributed by atoms with Crippen LogP contribution in [0.2, 0.25) is 10.0 Å². The number of halogens is 2. The Bertz CT molecular complexity index is 738. The molecule has 2 amide bonds. The summed E-state index contributed by atoms with van der Waals surface area (Å²) < 4.78 is 0. The van der Waals surface area contributed by atoms with E-state index >= 15 is 0 Å². The van der Waals surface area contributed by atoms with Crippen molar-refractivity contribution in [2.45, 2.75) is 4.90 Å². The van der Waals surface area contributed by atoms with Crippen molar-refractivity contribution in [3.05, 3.63) is 58.1 Å². The molecule has 0 heterocycles. The quantitative estimate of drug-likeness (QED) is 0.781. The van der Waals surface area contributed by atoms with Gasteiger partial charge in [0.15, 0.2) is 0 Å². The molecule has 0 radical (unpaired) electrons. The van der Waals surface area contributed by atoms with Gasteiger partial charge in [-0.05, 0) is 30.3 Å². The maximum Gasteiger partial charge on any atom is 0.252 e. The van der Waals surface area contributed by atoms with Crippen molar-refractivity contribution in [1.29, 1.82) is 0 Å². The predicted molar refractivity (Wildman–Crippen MR) is 95.6 cm³/mol. The van der Waals surface area contributed by atoms with E-state index in [2.05, 4.69) is 10.6 Å². The van der Waals surface area contributed by atoms with E-state index in [1.807, 2.05) is 18.2 Å². The molecule has 0 aliphatic carbocycles. The molecule has 2 rings (SSSR count). The van der Waals surface area contributed by atoms with Crippen LogP contribution >= 0.6 is 35.0 Å². The zero-order chi connectivity index (χ0) is 16.8. The Hall–Kier alpha value is -1.69. The lowest BCUT2D eigenvalue weighted by atomic mass is 10.2. The van der Waals surface area contributed by atoms with E-state index in [4.69, 9.17) is 23.2 Å². The number of hydrogen-bond acceptors (Lipinski definition) is 3. The molecule has 0 aliphatic rings. The summed E-state index contributed by atoms with van der Waals surface area (Å²) in [7, 11) is 1.52. The van der Waals surface area contributed by atoms with Crippen LogP contribution in [0.25, 0.3) is 0 Å². The van der Waals surface area contributed by atoms with E-state index in [0.29, 0.717) is 21.3 Å². The third-order valence-corrected chi connectivity index (χ3v) is 4.76. The highest BCUT2D eigenvalue weighted by Gasteiger charge is 2.11. The minimum atomic E-state index is -0.309. The smallest absolute Gasteiger partial charge is 0.252 e. The third kappa shape index (κ3) is 4.89. The molecule has 0 bridgehead atoms. The number of nitrogens with one attached hydrogen (secondary N) is 2. The molecule has 2 N–H and O–H groups in total. The van der Waals surface area contributed by atoms with Crippen molar-refractivity contribution in [3.63, 3.8) is 0 Å². The van der Waals surface area contributed by atoms with Crippen molar-refractivity contribution in [3.8, 4) is 0 Å². The zero-order valence-electron chi connectivity index (χ0n) is 12.2. The van der Waals surface area contributed by atoms with Gasteiger partial charge in [0.05, 0.1) is 21.4 Å². The number of carbonyl (C=O) groups is 2. The van der Waals surface area contributed by atoms with Crippen molar-refractivity contribution in [2.75, 3.05) is 18.1 Å². The second kappa shape index (κ2) is 8.24. The Kier molecular flexibility index (Phi) is 6.33. The van der Waals surface area contributed by atoms with Crippen LogP contribution in [0, 0.1) is 0 Å². The average molecular weight is 369 g/mol. The van der Waals surface area contributed by atoms with Crippen LogP contribution < -0.4 is 10.6 Å². The highest BCUT2D eigenvalue weighted by Crippen LogP contribution is 2.27. The van der Waals surface area contributed by atoms with Gasteiger partial charge in [-0.15, -0.1) is 11.8 Å². The molecule has 0 unspecified atom stereocenters. The van der Waals surface area contributed by atoms with E-state index in [1.54, 1.807) is 24.3 Å². The molecule has 0 fully saturated rings. The second-order valence-electron chi connectivity index (χ2n) is 4.54. The molecule has 2 aromatic rings. The van der Waals surface area contributed by atoms with Crippen LogP contribution in [0.4, 0.5) is 5.69 Å². The van der Waals surface area contributed by atoms with Crippen LogP contribution in [0.5, 0.6) is 0 Å². The van der Waals surface area contributed by atoms with Crippen LogP contribution in [-0.4, -0.2) is 24.6 Å². The van der Waals surface area contributed by atoms with Gasteiger partial charge in [-0.25, -0.2) is 0 Å². The van der Waals surface area contributed by atoms with Crippen LogP contribution in [0.15, 0.2) is 47.4 Å². The number of rotatable bonds is 5. The van der Waals surface area contributed by atoms with E-state index in [9.17, 15) is 9.59 Å². The summed E-state index contributed by atoms with van der Waals surface area (Å²) in [5, 5.41) is 6.17. The van der Waals surface area contributed by atoms with Gasteiger partial charge in [0.25, 0.3) is 5.91 Å². The summed E-state index contributed by atoms with van der Waals surface area (Å²) >= 11 is 13.4. The van der Waals surface area contributed by atoms with Crippen LogP contribution in [-0.2, 0) is 4.79 Å². The minimum Gasteiger partial charge on any atom is -0.355 e. The SMILES string of the molecule is CNC(=O)c1cc(NC(=O)CSc2ccccc2Cl)ccc1Cl. The van der Waals surface area contributed by atoms with Gasteiger partial charge in [0.2, 0.25) is 5.91 Å². The summed E-state index contributed by atoms with van der Waals surface area (Å²) in [4.78, 5) is 24.6. The molecular weight excluding hydrogens is 355 g/mol. The summed E-state index contributed by atoms with van der Waals surface area (Å²) in [6.45, 7) is 0. The third-order valence-electron chi connectivity index (χ3n) is 2.92. The van der Waals surface area contributed by atoms with Gasteiger partial charge in [-0.2, -0.15) is 0 Å². The number of thioether (sulfide) groups is 1. The maximum atomic E-state index is 12.0. The molecule has 23 heavy (non-hydrogen) atoms. The molecule has 7 heteroatoms. The Morgan fingerprint density at radius 3 is 2.52 bits per heavy atom. The molecule has 0 spiro atoms. The number of carbonyl (C=O) groups excluding carboxylic acids is 2. The van der Waals surface area contributed by atoms with Gasteiger partial charge in [0.1, 0.15) is 0 Å². The largest absolute Gasteiger partial charge is 0.355 e. The zero-order valence-corrected chi connectivity index (χ0v) is 14.6. The van der Waals surface area contributed by atoms with Crippen LogP contribution in [0.3, 0.4) is 0 Å². The second-order valence-corrected chi connectivity index (χ2v) is 6.37. The average Bonchev–Trinajstić information content (AvgIpc) is 2.55. The van der Waals surface area contributed by atoms with Crippen molar-refractivity contribution in [1.82, 2.24) is 5.32 Å². The fraction of sp³-hybridized carbons (Fsp3) is 0.125. The molecule has 0 saturated heterocycles. The summed E-state index contributed by atoms with van der Waals surface area (Å²) in [5.41, 5.74) is 0.823. The first-order valence-corrected chi connectivity index (χ1v) is 8.44. The van der Waals surface area contributed by atoms with E-state index in [0.717, 1.165) is 4.90 Å². The summed E-state index contributed by atoms with van der Waals surface area (Å²) in [5.74, 6) is -0.293. The van der Waals surface area contributed by atoms with E-state index in [1.165, 1.54) is 18.8 Å². The Labute approximate surface area is 148 Å². The molecule has 0 atom stereocenters. The highest BCUT2D eigenvalue weighted by molar-refractivity contribution is 8.00. The molecule has 0 aromatic heterocycles. The predicted octanol–water partition coefficient (Wildman–Crippen LogP) is 4.08. The lowest BCUT2D eigenvalue weighted by molar-refractivity contribution is -0.113. The first kappa shape index (κ1) is 17.7. The monoisotopic (exact) mass is 368 g/mol. The normalized spacial score (nSPS) is 10.2. The van der Waals surface area contributed by atoms with Gasteiger partial charge in [0, 0.05) is 17.6 Å². The molecular formula is C16H14Cl2N2O2S. The molecule has 120 valence electrons. The molecule has 0 saturated carbocycles. The fourth-order valence-corrected chi connectivity index (χ4v) is 3.06. The first-order chi connectivity index (χ1) is 11.0. The van der Waals surface area contributed by atoms with Crippen molar-refractivity contribution < 1.29 is 9.59 Å². The Morgan fingerprint density at radius 1 is 1.09 bits per heavy atom. The number of benzene rings is 2. The number of anilines is 1. The van der Waals surface area contributed by atoms with Gasteiger partial charge < -0.3 is 10.6 Å². The molecule has 0 aliphatic heterocycles. The van der Waals surface area contributed by atoms with Crippen molar-refractivity contribution >= 4 is 52.5 Å². The fourth-order valence-electron chi connectivity index (χ4n) is 1.81. The Morgan fingerprint density at radius 2 is 1.83 bits per heavy atom. The van der Waals surface area contributed by atoms with Gasteiger partial charge >= 0.3 is 0 Å². The molecule has 4 nitrogen and oxygen atoms in total. The standard InChI is InChI=1S/C16H14Cl2N2O2S/c1-19-16(22)11-8-10(6-7-12(11)17)20-15(21)9-23-14-5-3-2-4-13(14)18/h2-8H,9H2,1H3,(H,19,22)(H,20,21). The Balaban J connectivity index is 2.00. The maximum absolute atomic E-state index is 12.0. The van der Waals surface area contributed by atoms with E-state index in [-0.39, 0.29) is 17.6 Å². The van der Waals surface area contributed by atoms with Crippen molar-refractivity contribution in [2.24, 2.45) is 0 Å². The molecule has 2 aromatic carbocycles. The topological polar surface area (TPSA) is 58.2 Å². The number of amides is 2. The minimum absolute atomic E-state index is 0.194. The number of hydrogen-bond donors (Lipinski definition) is 2. The van der Waals surface area contributed by atoms with E-state index < -0.39 is 0 Å². The first-order valence-electron chi connectivity index (χ1n) is 6.70. The van der Waals surface area contributed by atoms with Gasteiger partial charge in [-0.3, -0.25) is 9.59 Å². The van der Waals surface area contributed by atoms with Gasteiger partial charge in [-0.1, -0.05) is 35.3 Å². The lowest BCUT2D eigenvalue weighted by Gasteiger charge is -2.09. The highest BCUT2D eigenvalue weighted by atomic mass is 35.5. The summed E-state index contributed by atoms with van der Waals surface area (Å²) in [6.07, 6.45) is 0.